The van der Waals surface area contributed by atoms with Gasteiger partial charge in [0.2, 0.25) is 0 Å². The summed E-state index contributed by atoms with van der Waals surface area (Å²) in [6.07, 6.45) is 1.65. The Morgan fingerprint density at radius 3 is 2.38 bits per heavy atom. The molecule has 1 unspecified atom stereocenters. The van der Waals surface area contributed by atoms with E-state index in [1.54, 1.807) is 37.3 Å². The van der Waals surface area contributed by atoms with Gasteiger partial charge in [-0.2, -0.15) is 0 Å². The van der Waals surface area contributed by atoms with E-state index in [0.29, 0.717) is 17.7 Å². The lowest BCUT2D eigenvalue weighted by molar-refractivity contribution is 0.181. The minimum atomic E-state index is -3.14. The predicted octanol–water partition coefficient (Wildman–Crippen LogP) is 2.01. The van der Waals surface area contributed by atoms with Gasteiger partial charge in [-0.3, -0.25) is 0 Å². The highest BCUT2D eigenvalue weighted by molar-refractivity contribution is 7.91. The molecular formula is C12H18O3S. The summed E-state index contributed by atoms with van der Waals surface area (Å²) in [4.78, 5) is 0.382. The smallest absolute Gasteiger partial charge is 0.178 e. The van der Waals surface area contributed by atoms with Gasteiger partial charge in [-0.15, -0.1) is 0 Å². The third-order valence-electron chi connectivity index (χ3n) is 2.39. The molecule has 0 heterocycles. The number of aliphatic hydroxyl groups excluding tert-OH is 1. The summed E-state index contributed by atoms with van der Waals surface area (Å²) in [5.74, 6) is 0.156. The van der Waals surface area contributed by atoms with Gasteiger partial charge in [0, 0.05) is 0 Å². The van der Waals surface area contributed by atoms with E-state index in [1.807, 2.05) is 0 Å². The van der Waals surface area contributed by atoms with Crippen LogP contribution in [0.3, 0.4) is 0 Å². The predicted molar refractivity (Wildman–Crippen MR) is 64.0 cm³/mol. The van der Waals surface area contributed by atoms with Crippen molar-refractivity contribution < 1.29 is 13.5 Å². The van der Waals surface area contributed by atoms with E-state index >= 15 is 0 Å². The van der Waals surface area contributed by atoms with Crippen molar-refractivity contribution in [2.24, 2.45) is 0 Å². The number of unbranched alkanes of at least 4 members (excludes halogenated alkanes) is 1. The molecule has 0 saturated carbocycles. The fourth-order valence-corrected chi connectivity index (χ4v) is 2.87. The maximum Gasteiger partial charge on any atom is 0.178 e. The topological polar surface area (TPSA) is 54.4 Å². The first kappa shape index (κ1) is 13.2. The van der Waals surface area contributed by atoms with Gasteiger partial charge in [0.05, 0.1) is 16.8 Å². The van der Waals surface area contributed by atoms with E-state index in [9.17, 15) is 8.42 Å². The number of aliphatic hydroxyl groups is 1. The molecule has 0 spiro atoms. The molecule has 1 aromatic rings. The Morgan fingerprint density at radius 1 is 1.19 bits per heavy atom. The normalized spacial score (nSPS) is 13.6. The van der Waals surface area contributed by atoms with Crippen molar-refractivity contribution in [3.63, 3.8) is 0 Å². The second-order valence-electron chi connectivity index (χ2n) is 3.98. The first-order valence-corrected chi connectivity index (χ1v) is 7.13. The first-order chi connectivity index (χ1) is 7.52. The van der Waals surface area contributed by atoms with E-state index in [0.717, 1.165) is 6.42 Å². The Labute approximate surface area is 97.0 Å². The van der Waals surface area contributed by atoms with Gasteiger partial charge in [0.1, 0.15) is 0 Å². The van der Waals surface area contributed by atoms with Gasteiger partial charge >= 0.3 is 0 Å². The van der Waals surface area contributed by atoms with Crippen molar-refractivity contribution in [1.82, 2.24) is 0 Å². The number of sulfone groups is 1. The third-order valence-corrected chi connectivity index (χ3v) is 4.20. The SMILES string of the molecule is CC(O)CCCCS(=O)(=O)c1ccccc1. The maximum atomic E-state index is 11.8. The summed E-state index contributed by atoms with van der Waals surface area (Å²) in [5.41, 5.74) is 0. The van der Waals surface area contributed by atoms with Crippen LogP contribution in [0, 0.1) is 0 Å². The standard InChI is InChI=1S/C12H18O3S/c1-11(13)7-5-6-10-16(14,15)12-8-3-2-4-9-12/h2-4,8-9,11,13H,5-7,10H2,1H3. The third kappa shape index (κ3) is 4.33. The first-order valence-electron chi connectivity index (χ1n) is 5.48. The average Bonchev–Trinajstić information content (AvgIpc) is 2.26. The van der Waals surface area contributed by atoms with Crippen LogP contribution < -0.4 is 0 Å². The van der Waals surface area contributed by atoms with Crippen molar-refractivity contribution in [2.45, 2.75) is 37.2 Å². The molecule has 1 N–H and O–H groups in total. The maximum absolute atomic E-state index is 11.8. The molecule has 16 heavy (non-hydrogen) atoms. The van der Waals surface area contributed by atoms with Crippen molar-refractivity contribution in [3.05, 3.63) is 30.3 Å². The van der Waals surface area contributed by atoms with Crippen LogP contribution in [0.5, 0.6) is 0 Å². The number of hydrogen-bond donors (Lipinski definition) is 1. The Kier molecular flexibility index (Phi) is 4.96. The number of rotatable bonds is 6. The van der Waals surface area contributed by atoms with Crippen molar-refractivity contribution in [2.75, 3.05) is 5.75 Å². The van der Waals surface area contributed by atoms with E-state index in [1.165, 1.54) is 0 Å². The average molecular weight is 242 g/mol. The molecule has 3 nitrogen and oxygen atoms in total. The number of hydrogen-bond acceptors (Lipinski definition) is 3. The lowest BCUT2D eigenvalue weighted by Crippen LogP contribution is -2.08. The lowest BCUT2D eigenvalue weighted by atomic mass is 10.2. The van der Waals surface area contributed by atoms with Gasteiger partial charge in [0.25, 0.3) is 0 Å². The summed E-state index contributed by atoms with van der Waals surface area (Å²) in [6, 6.07) is 8.48. The molecule has 0 fully saturated rings. The Morgan fingerprint density at radius 2 is 1.81 bits per heavy atom. The zero-order valence-electron chi connectivity index (χ0n) is 9.46. The quantitative estimate of drug-likeness (QED) is 0.776. The summed E-state index contributed by atoms with van der Waals surface area (Å²) in [5, 5.41) is 9.05. The van der Waals surface area contributed by atoms with Crippen LogP contribution in [0.2, 0.25) is 0 Å². The van der Waals surface area contributed by atoms with Gasteiger partial charge in [-0.1, -0.05) is 18.2 Å². The van der Waals surface area contributed by atoms with Gasteiger partial charge in [0.15, 0.2) is 9.84 Å². The molecule has 4 heteroatoms. The van der Waals surface area contributed by atoms with E-state index < -0.39 is 9.84 Å². The Bertz CT molecular complexity index is 396. The molecule has 0 aromatic heterocycles. The second kappa shape index (κ2) is 6.01. The molecule has 0 radical (unpaired) electrons. The fourth-order valence-electron chi connectivity index (χ4n) is 1.48. The van der Waals surface area contributed by atoms with Gasteiger partial charge in [-0.25, -0.2) is 8.42 Å². The van der Waals surface area contributed by atoms with Gasteiger partial charge in [-0.05, 0) is 38.3 Å². The molecule has 90 valence electrons. The van der Waals surface area contributed by atoms with E-state index in [4.69, 9.17) is 5.11 Å². The van der Waals surface area contributed by atoms with Crippen LogP contribution in [0.15, 0.2) is 35.2 Å². The van der Waals surface area contributed by atoms with Crippen LogP contribution in [0.25, 0.3) is 0 Å². The molecule has 0 bridgehead atoms. The molecule has 1 atom stereocenters. The highest BCUT2D eigenvalue weighted by Gasteiger charge is 2.12. The molecule has 0 amide bonds. The lowest BCUT2D eigenvalue weighted by Gasteiger charge is -2.05. The minimum Gasteiger partial charge on any atom is -0.393 e. The van der Waals surface area contributed by atoms with Crippen molar-refractivity contribution in [3.8, 4) is 0 Å². The summed E-state index contributed by atoms with van der Waals surface area (Å²) in [7, 11) is -3.14. The van der Waals surface area contributed by atoms with Crippen molar-refractivity contribution >= 4 is 9.84 Å². The van der Waals surface area contributed by atoms with Crippen LogP contribution in [0.1, 0.15) is 26.2 Å². The van der Waals surface area contributed by atoms with Crippen molar-refractivity contribution in [1.29, 1.82) is 0 Å². The minimum absolute atomic E-state index is 0.156. The Hall–Kier alpha value is -0.870. The van der Waals surface area contributed by atoms with E-state index in [-0.39, 0.29) is 11.9 Å². The van der Waals surface area contributed by atoms with Crippen LogP contribution in [-0.2, 0) is 9.84 Å². The molecule has 1 rings (SSSR count). The number of benzene rings is 1. The largest absolute Gasteiger partial charge is 0.393 e. The summed E-state index contributed by atoms with van der Waals surface area (Å²) >= 11 is 0. The van der Waals surface area contributed by atoms with Crippen LogP contribution >= 0.6 is 0 Å². The molecule has 0 aliphatic rings. The highest BCUT2D eigenvalue weighted by Crippen LogP contribution is 2.12. The zero-order valence-corrected chi connectivity index (χ0v) is 10.3. The monoisotopic (exact) mass is 242 g/mol. The summed E-state index contributed by atoms with van der Waals surface area (Å²) < 4.78 is 23.6. The highest BCUT2D eigenvalue weighted by atomic mass is 32.2. The van der Waals surface area contributed by atoms with Crippen LogP contribution in [-0.4, -0.2) is 25.4 Å². The summed E-state index contributed by atoms with van der Waals surface area (Å²) in [6.45, 7) is 1.71. The fraction of sp³-hybridized carbons (Fsp3) is 0.500. The molecular weight excluding hydrogens is 224 g/mol. The molecule has 0 aliphatic carbocycles. The molecule has 0 aliphatic heterocycles. The zero-order chi connectivity index (χ0) is 12.0. The van der Waals surface area contributed by atoms with Gasteiger partial charge < -0.3 is 5.11 Å². The second-order valence-corrected chi connectivity index (χ2v) is 6.09. The molecule has 1 aromatic carbocycles. The van der Waals surface area contributed by atoms with Crippen LogP contribution in [0.4, 0.5) is 0 Å². The Balaban J connectivity index is 2.48. The van der Waals surface area contributed by atoms with E-state index in [2.05, 4.69) is 0 Å². The molecule has 0 saturated heterocycles.